The lowest BCUT2D eigenvalue weighted by molar-refractivity contribution is -0.0979. The number of fused-ring (bicyclic) bond motifs is 1. The second kappa shape index (κ2) is 7.13. The molecule has 1 aromatic carbocycles. The van der Waals surface area contributed by atoms with Crippen molar-refractivity contribution in [3.05, 3.63) is 29.3 Å². The van der Waals surface area contributed by atoms with Crippen LogP contribution in [-0.2, 0) is 17.6 Å². The van der Waals surface area contributed by atoms with Gasteiger partial charge in [0.15, 0.2) is 0 Å². The highest BCUT2D eigenvalue weighted by Crippen LogP contribution is 2.23. The average Bonchev–Trinajstić information content (AvgIpc) is 2.71. The largest absolute Gasteiger partial charge is 0.399 e. The molecule has 2 rings (SSSR count). The second-order valence-corrected chi connectivity index (χ2v) is 2.88. The summed E-state index contributed by atoms with van der Waals surface area (Å²) in [5.74, 6) is 0. The summed E-state index contributed by atoms with van der Waals surface area (Å²) >= 11 is 0. The number of nitrogens with two attached hydrogens (primary N) is 1. The number of carbonyl (C=O) groups is 1. The van der Waals surface area contributed by atoms with E-state index in [1.807, 2.05) is 26.7 Å². The van der Waals surface area contributed by atoms with E-state index in [1.54, 1.807) is 0 Å². The Kier molecular flexibility index (Phi) is 6.46. The van der Waals surface area contributed by atoms with Crippen molar-refractivity contribution in [2.45, 2.75) is 33.1 Å². The first-order valence-corrected chi connectivity index (χ1v) is 5.02. The molecule has 1 aromatic rings. The number of benzene rings is 1. The average molecular weight is 193 g/mol. The van der Waals surface area contributed by atoms with E-state index in [0.717, 1.165) is 5.69 Å². The molecule has 0 bridgehead atoms. The summed E-state index contributed by atoms with van der Waals surface area (Å²) < 4.78 is 0. The molecular weight excluding hydrogens is 174 g/mol. The van der Waals surface area contributed by atoms with Crippen LogP contribution in [0.25, 0.3) is 0 Å². The Bertz CT molecular complexity index is 271. The Morgan fingerprint density at radius 1 is 1.14 bits per heavy atom. The number of aryl methyl sites for hydroxylation is 2. The molecule has 0 aromatic heterocycles. The third-order valence-corrected chi connectivity index (χ3v) is 2.12. The van der Waals surface area contributed by atoms with Crippen molar-refractivity contribution in [3.8, 4) is 0 Å². The third kappa shape index (κ3) is 3.21. The van der Waals surface area contributed by atoms with E-state index in [9.17, 15) is 0 Å². The predicted molar refractivity (Wildman–Crippen MR) is 61.3 cm³/mol. The zero-order valence-corrected chi connectivity index (χ0v) is 9.05. The van der Waals surface area contributed by atoms with Crippen LogP contribution in [0.2, 0.25) is 0 Å². The Morgan fingerprint density at radius 2 is 1.71 bits per heavy atom. The van der Waals surface area contributed by atoms with Crippen LogP contribution in [0.1, 0.15) is 31.4 Å². The van der Waals surface area contributed by atoms with Crippen molar-refractivity contribution in [1.82, 2.24) is 0 Å². The summed E-state index contributed by atoms with van der Waals surface area (Å²) in [7, 11) is 0. The van der Waals surface area contributed by atoms with Crippen LogP contribution < -0.4 is 5.73 Å². The summed E-state index contributed by atoms with van der Waals surface area (Å²) in [6.07, 6.45) is 3.77. The minimum absolute atomic E-state index is 0.903. The topological polar surface area (TPSA) is 43.1 Å². The van der Waals surface area contributed by atoms with Gasteiger partial charge in [-0.1, -0.05) is 19.9 Å². The number of carbonyl (C=O) groups excluding carboxylic acids is 1. The first kappa shape index (κ1) is 12.7. The fourth-order valence-corrected chi connectivity index (χ4v) is 1.59. The SMILES string of the molecule is C=O.CC.Nc1ccc2c(c1)CCC2. The molecule has 0 saturated carbocycles. The normalized spacial score (nSPS) is 11.6. The van der Waals surface area contributed by atoms with Crippen LogP contribution in [0.3, 0.4) is 0 Å². The molecule has 0 radical (unpaired) electrons. The number of hydrogen-bond donors (Lipinski definition) is 1. The van der Waals surface area contributed by atoms with Gasteiger partial charge in [-0.3, -0.25) is 0 Å². The highest BCUT2D eigenvalue weighted by atomic mass is 16.1. The maximum Gasteiger partial charge on any atom is 0.106 e. The third-order valence-electron chi connectivity index (χ3n) is 2.12. The van der Waals surface area contributed by atoms with Crippen molar-refractivity contribution in [3.63, 3.8) is 0 Å². The molecule has 0 amide bonds. The molecule has 0 saturated heterocycles. The number of anilines is 1. The van der Waals surface area contributed by atoms with Crippen LogP contribution in [-0.4, -0.2) is 6.79 Å². The monoisotopic (exact) mass is 193 g/mol. The molecule has 2 nitrogen and oxygen atoms in total. The second-order valence-electron chi connectivity index (χ2n) is 2.88. The van der Waals surface area contributed by atoms with Gasteiger partial charge in [0.2, 0.25) is 0 Å². The van der Waals surface area contributed by atoms with Crippen molar-refractivity contribution in [1.29, 1.82) is 0 Å². The Hall–Kier alpha value is -1.31. The highest BCUT2D eigenvalue weighted by molar-refractivity contribution is 5.46. The van der Waals surface area contributed by atoms with E-state index >= 15 is 0 Å². The summed E-state index contributed by atoms with van der Waals surface area (Å²) in [5.41, 5.74) is 9.49. The lowest BCUT2D eigenvalue weighted by atomic mass is 10.1. The number of hydrogen-bond acceptors (Lipinski definition) is 2. The smallest absolute Gasteiger partial charge is 0.106 e. The van der Waals surface area contributed by atoms with Gasteiger partial charge in [-0.05, 0) is 42.5 Å². The molecule has 1 aliphatic carbocycles. The molecule has 1 aliphatic rings. The Labute approximate surface area is 86.1 Å². The van der Waals surface area contributed by atoms with Gasteiger partial charge in [-0.15, -0.1) is 0 Å². The van der Waals surface area contributed by atoms with Crippen LogP contribution >= 0.6 is 0 Å². The molecule has 0 unspecified atom stereocenters. The minimum Gasteiger partial charge on any atom is -0.399 e. The van der Waals surface area contributed by atoms with Crippen LogP contribution in [0.5, 0.6) is 0 Å². The van der Waals surface area contributed by atoms with E-state index in [-0.39, 0.29) is 0 Å². The van der Waals surface area contributed by atoms with Crippen molar-refractivity contribution >= 4 is 12.5 Å². The van der Waals surface area contributed by atoms with E-state index in [4.69, 9.17) is 10.5 Å². The maximum atomic E-state index is 8.00. The van der Waals surface area contributed by atoms with E-state index in [0.29, 0.717) is 0 Å². The van der Waals surface area contributed by atoms with Gasteiger partial charge in [0.05, 0.1) is 0 Å². The summed E-state index contributed by atoms with van der Waals surface area (Å²) in [6, 6.07) is 6.24. The molecule has 2 heteroatoms. The fourth-order valence-electron chi connectivity index (χ4n) is 1.59. The van der Waals surface area contributed by atoms with Crippen LogP contribution in [0, 0.1) is 0 Å². The van der Waals surface area contributed by atoms with Gasteiger partial charge in [-0.2, -0.15) is 0 Å². The van der Waals surface area contributed by atoms with Gasteiger partial charge in [0.1, 0.15) is 6.79 Å². The van der Waals surface area contributed by atoms with Gasteiger partial charge >= 0.3 is 0 Å². The first-order chi connectivity index (χ1) is 6.86. The molecule has 0 fully saturated rings. The van der Waals surface area contributed by atoms with Crippen molar-refractivity contribution in [2.24, 2.45) is 0 Å². The van der Waals surface area contributed by atoms with Crippen molar-refractivity contribution in [2.75, 3.05) is 5.73 Å². The zero-order valence-electron chi connectivity index (χ0n) is 9.05. The zero-order chi connectivity index (χ0) is 11.0. The predicted octanol–water partition coefficient (Wildman–Crippen LogP) is 2.60. The molecule has 0 aliphatic heterocycles. The quantitative estimate of drug-likeness (QED) is 0.643. The minimum atomic E-state index is 0.903. The maximum absolute atomic E-state index is 8.00. The molecule has 2 N–H and O–H groups in total. The van der Waals surface area contributed by atoms with Gasteiger partial charge in [-0.25, -0.2) is 0 Å². The Morgan fingerprint density at radius 3 is 2.36 bits per heavy atom. The van der Waals surface area contributed by atoms with Crippen LogP contribution in [0.4, 0.5) is 5.69 Å². The molecule has 78 valence electrons. The van der Waals surface area contributed by atoms with Crippen molar-refractivity contribution < 1.29 is 4.79 Å². The highest BCUT2D eigenvalue weighted by Gasteiger charge is 2.09. The van der Waals surface area contributed by atoms with E-state index < -0.39 is 0 Å². The van der Waals surface area contributed by atoms with Crippen LogP contribution in [0.15, 0.2) is 18.2 Å². The van der Waals surface area contributed by atoms with E-state index in [1.165, 1.54) is 30.4 Å². The molecule has 0 heterocycles. The number of nitrogen functional groups attached to an aromatic ring is 1. The fraction of sp³-hybridized carbons (Fsp3) is 0.417. The molecule has 0 spiro atoms. The van der Waals surface area contributed by atoms with Gasteiger partial charge in [0.25, 0.3) is 0 Å². The number of rotatable bonds is 0. The molecule has 14 heavy (non-hydrogen) atoms. The van der Waals surface area contributed by atoms with Gasteiger partial charge in [0, 0.05) is 5.69 Å². The lowest BCUT2D eigenvalue weighted by Gasteiger charge is -1.98. The van der Waals surface area contributed by atoms with E-state index in [2.05, 4.69) is 12.1 Å². The lowest BCUT2D eigenvalue weighted by Crippen LogP contribution is -1.87. The molecule has 0 atom stereocenters. The Balaban J connectivity index is 0.000000379. The summed E-state index contributed by atoms with van der Waals surface area (Å²) in [5, 5.41) is 0. The summed E-state index contributed by atoms with van der Waals surface area (Å²) in [4.78, 5) is 8.00. The molecular formula is C12H19NO. The first-order valence-electron chi connectivity index (χ1n) is 5.02. The standard InChI is InChI=1S/C9H11N.C2H6.CH2O/c10-9-5-4-7-2-1-3-8(7)6-9;2*1-2/h4-6H,1-3,10H2;1-2H3;1H2. The summed E-state index contributed by atoms with van der Waals surface area (Å²) in [6.45, 7) is 6.00. The van der Waals surface area contributed by atoms with Gasteiger partial charge < -0.3 is 10.5 Å².